The third kappa shape index (κ3) is 6.83. The molecule has 0 radical (unpaired) electrons. The standard InChI is InChI=1S/C12H24O/c1-9(2)8-11(5)6-7-12(13)10(3)4/h10-13H,1,6-8H2,2-5H3. The number of aliphatic hydroxyl groups is 1. The maximum absolute atomic E-state index is 9.59. The Morgan fingerprint density at radius 3 is 2.15 bits per heavy atom. The number of allylic oxidation sites excluding steroid dienone is 1. The van der Waals surface area contributed by atoms with Crippen LogP contribution < -0.4 is 0 Å². The summed E-state index contributed by atoms with van der Waals surface area (Å²) in [6.07, 6.45) is 2.98. The summed E-state index contributed by atoms with van der Waals surface area (Å²) >= 11 is 0. The van der Waals surface area contributed by atoms with Crippen molar-refractivity contribution in [1.82, 2.24) is 0 Å². The van der Waals surface area contributed by atoms with E-state index >= 15 is 0 Å². The Balaban J connectivity index is 3.57. The van der Waals surface area contributed by atoms with Gasteiger partial charge in [0.1, 0.15) is 0 Å². The van der Waals surface area contributed by atoms with Gasteiger partial charge in [0, 0.05) is 0 Å². The third-order valence-electron chi connectivity index (χ3n) is 2.42. The van der Waals surface area contributed by atoms with Gasteiger partial charge < -0.3 is 5.11 Å². The summed E-state index contributed by atoms with van der Waals surface area (Å²) in [7, 11) is 0. The van der Waals surface area contributed by atoms with Crippen molar-refractivity contribution >= 4 is 0 Å². The van der Waals surface area contributed by atoms with Crippen LogP contribution in [0.2, 0.25) is 0 Å². The highest BCUT2D eigenvalue weighted by Gasteiger charge is 2.11. The van der Waals surface area contributed by atoms with Crippen LogP contribution >= 0.6 is 0 Å². The van der Waals surface area contributed by atoms with Gasteiger partial charge >= 0.3 is 0 Å². The van der Waals surface area contributed by atoms with Crippen molar-refractivity contribution in [3.8, 4) is 0 Å². The van der Waals surface area contributed by atoms with Gasteiger partial charge in [-0.1, -0.05) is 26.3 Å². The molecule has 1 nitrogen and oxygen atoms in total. The summed E-state index contributed by atoms with van der Waals surface area (Å²) in [5, 5.41) is 9.59. The van der Waals surface area contributed by atoms with E-state index in [2.05, 4.69) is 34.3 Å². The van der Waals surface area contributed by atoms with E-state index in [1.165, 1.54) is 5.57 Å². The minimum atomic E-state index is -0.132. The molecule has 0 rings (SSSR count). The van der Waals surface area contributed by atoms with Crippen LogP contribution in [0.15, 0.2) is 12.2 Å². The largest absolute Gasteiger partial charge is 0.393 e. The molecule has 0 heterocycles. The Morgan fingerprint density at radius 2 is 1.77 bits per heavy atom. The molecule has 0 aromatic rings. The van der Waals surface area contributed by atoms with Gasteiger partial charge in [-0.3, -0.25) is 0 Å². The molecule has 13 heavy (non-hydrogen) atoms. The average Bonchev–Trinajstić information content (AvgIpc) is 1.98. The Hall–Kier alpha value is -0.300. The maximum Gasteiger partial charge on any atom is 0.0563 e. The summed E-state index contributed by atoms with van der Waals surface area (Å²) < 4.78 is 0. The van der Waals surface area contributed by atoms with Gasteiger partial charge in [0.2, 0.25) is 0 Å². The second-order valence-electron chi connectivity index (χ2n) is 4.66. The zero-order chi connectivity index (χ0) is 10.4. The minimum absolute atomic E-state index is 0.132. The Bertz CT molecular complexity index is 149. The third-order valence-corrected chi connectivity index (χ3v) is 2.42. The van der Waals surface area contributed by atoms with Crippen molar-refractivity contribution in [1.29, 1.82) is 0 Å². The van der Waals surface area contributed by atoms with Crippen LogP contribution in [-0.4, -0.2) is 11.2 Å². The Kier molecular flexibility index (Phi) is 6.06. The van der Waals surface area contributed by atoms with Crippen molar-refractivity contribution in [3.63, 3.8) is 0 Å². The fourth-order valence-corrected chi connectivity index (χ4v) is 1.49. The highest BCUT2D eigenvalue weighted by molar-refractivity contribution is 4.89. The molecule has 0 saturated carbocycles. The van der Waals surface area contributed by atoms with E-state index < -0.39 is 0 Å². The van der Waals surface area contributed by atoms with E-state index in [9.17, 15) is 5.11 Å². The fourth-order valence-electron chi connectivity index (χ4n) is 1.49. The molecule has 78 valence electrons. The monoisotopic (exact) mass is 184 g/mol. The average molecular weight is 184 g/mol. The number of aliphatic hydroxyl groups excluding tert-OH is 1. The van der Waals surface area contributed by atoms with Crippen LogP contribution in [0.5, 0.6) is 0 Å². The van der Waals surface area contributed by atoms with Gasteiger partial charge in [0.15, 0.2) is 0 Å². The molecule has 0 spiro atoms. The van der Waals surface area contributed by atoms with Crippen LogP contribution in [0.3, 0.4) is 0 Å². The van der Waals surface area contributed by atoms with E-state index in [4.69, 9.17) is 0 Å². The Morgan fingerprint density at radius 1 is 1.23 bits per heavy atom. The quantitative estimate of drug-likeness (QED) is 0.627. The smallest absolute Gasteiger partial charge is 0.0563 e. The van der Waals surface area contributed by atoms with Crippen molar-refractivity contribution < 1.29 is 5.11 Å². The summed E-state index contributed by atoms with van der Waals surface area (Å²) in [4.78, 5) is 0. The summed E-state index contributed by atoms with van der Waals surface area (Å²) in [5.41, 5.74) is 1.24. The summed E-state index contributed by atoms with van der Waals surface area (Å²) in [5.74, 6) is 1.04. The van der Waals surface area contributed by atoms with Gasteiger partial charge in [-0.25, -0.2) is 0 Å². The van der Waals surface area contributed by atoms with Crippen molar-refractivity contribution in [2.75, 3.05) is 0 Å². The first-order valence-corrected chi connectivity index (χ1v) is 5.26. The molecule has 0 aliphatic rings. The summed E-state index contributed by atoms with van der Waals surface area (Å²) in [6.45, 7) is 12.3. The first kappa shape index (κ1) is 12.7. The molecule has 0 aromatic carbocycles. The summed E-state index contributed by atoms with van der Waals surface area (Å²) in [6, 6.07) is 0. The normalized spacial score (nSPS) is 15.8. The second-order valence-corrected chi connectivity index (χ2v) is 4.66. The molecule has 1 heteroatoms. The van der Waals surface area contributed by atoms with E-state index in [1.54, 1.807) is 0 Å². The van der Waals surface area contributed by atoms with Gasteiger partial charge in [0.25, 0.3) is 0 Å². The van der Waals surface area contributed by atoms with Crippen LogP contribution in [0.25, 0.3) is 0 Å². The fraction of sp³-hybridized carbons (Fsp3) is 0.833. The molecule has 2 unspecified atom stereocenters. The highest BCUT2D eigenvalue weighted by Crippen LogP contribution is 2.18. The van der Waals surface area contributed by atoms with E-state index in [-0.39, 0.29) is 6.10 Å². The number of hydrogen-bond acceptors (Lipinski definition) is 1. The zero-order valence-corrected chi connectivity index (χ0v) is 9.51. The molecule has 0 saturated heterocycles. The lowest BCUT2D eigenvalue weighted by atomic mass is 9.93. The second kappa shape index (κ2) is 6.20. The molecule has 0 amide bonds. The molecule has 0 aliphatic carbocycles. The van der Waals surface area contributed by atoms with Crippen molar-refractivity contribution in [3.05, 3.63) is 12.2 Å². The number of rotatable bonds is 6. The molecule has 2 atom stereocenters. The van der Waals surface area contributed by atoms with Crippen molar-refractivity contribution in [2.45, 2.75) is 53.1 Å². The van der Waals surface area contributed by atoms with E-state index in [1.807, 2.05) is 0 Å². The van der Waals surface area contributed by atoms with Gasteiger partial charge in [-0.2, -0.15) is 0 Å². The molecule has 0 aromatic heterocycles. The molecule has 0 bridgehead atoms. The minimum Gasteiger partial charge on any atom is -0.393 e. The molecular formula is C12H24O. The van der Waals surface area contributed by atoms with Crippen molar-refractivity contribution in [2.24, 2.45) is 11.8 Å². The molecule has 1 N–H and O–H groups in total. The topological polar surface area (TPSA) is 20.2 Å². The molecule has 0 aliphatic heterocycles. The van der Waals surface area contributed by atoms with Crippen LogP contribution in [0, 0.1) is 11.8 Å². The Labute approximate surface area is 82.9 Å². The lowest BCUT2D eigenvalue weighted by Crippen LogP contribution is -2.15. The zero-order valence-electron chi connectivity index (χ0n) is 9.51. The lowest BCUT2D eigenvalue weighted by molar-refractivity contribution is 0.109. The maximum atomic E-state index is 9.59. The van der Waals surface area contributed by atoms with Gasteiger partial charge in [-0.15, -0.1) is 6.58 Å². The predicted molar refractivity (Wildman–Crippen MR) is 58.7 cm³/mol. The van der Waals surface area contributed by atoms with Crippen LogP contribution in [0.4, 0.5) is 0 Å². The first-order valence-electron chi connectivity index (χ1n) is 5.26. The molecular weight excluding hydrogens is 160 g/mol. The predicted octanol–water partition coefficient (Wildman–Crippen LogP) is 3.39. The first-order chi connectivity index (χ1) is 5.93. The number of hydrogen-bond donors (Lipinski definition) is 1. The van der Waals surface area contributed by atoms with Crippen LogP contribution in [0.1, 0.15) is 47.0 Å². The molecule has 0 fully saturated rings. The van der Waals surface area contributed by atoms with Gasteiger partial charge in [-0.05, 0) is 38.0 Å². The van der Waals surface area contributed by atoms with E-state index in [0.717, 1.165) is 19.3 Å². The SMILES string of the molecule is C=C(C)CC(C)CCC(O)C(C)C. The highest BCUT2D eigenvalue weighted by atomic mass is 16.3. The van der Waals surface area contributed by atoms with E-state index in [0.29, 0.717) is 11.8 Å². The van der Waals surface area contributed by atoms with Crippen LogP contribution in [-0.2, 0) is 0 Å². The van der Waals surface area contributed by atoms with Gasteiger partial charge in [0.05, 0.1) is 6.10 Å². The lowest BCUT2D eigenvalue weighted by Gasteiger charge is -2.17.